The Bertz CT molecular complexity index is 385. The predicted octanol–water partition coefficient (Wildman–Crippen LogP) is 0.856. The number of hydrogen-bond acceptors (Lipinski definition) is 7. The van der Waals surface area contributed by atoms with Crippen LogP contribution in [0.2, 0.25) is 19.6 Å². The van der Waals surface area contributed by atoms with E-state index in [1.165, 1.54) is 6.08 Å². The van der Waals surface area contributed by atoms with Crippen LogP contribution in [0.5, 0.6) is 0 Å². The zero-order valence-corrected chi connectivity index (χ0v) is 13.1. The quantitative estimate of drug-likeness (QED) is 0.269. The van der Waals surface area contributed by atoms with Crippen LogP contribution in [0, 0.1) is 0 Å². The highest BCUT2D eigenvalue weighted by Crippen LogP contribution is 2.09. The van der Waals surface area contributed by atoms with Crippen LogP contribution in [-0.2, 0) is 34.0 Å². The van der Waals surface area contributed by atoms with Gasteiger partial charge in [0.15, 0.2) is 0 Å². The first kappa shape index (κ1) is 17.9. The van der Waals surface area contributed by atoms with E-state index in [4.69, 9.17) is 3.87 Å². The molecule has 0 saturated heterocycles. The molecule has 0 aromatic rings. The minimum atomic E-state index is -3.96. The molecule has 0 N–H and O–H groups in total. The lowest BCUT2D eigenvalue weighted by atomic mass is 10.4. The third-order valence-corrected chi connectivity index (χ3v) is 4.89. The minimum Gasteiger partial charge on any atom is -0.750 e. The van der Waals surface area contributed by atoms with Crippen LogP contribution in [0.4, 0.5) is 0 Å². The molecular formula is C8H17O7S2Si-. The van der Waals surface area contributed by atoms with E-state index in [-0.39, 0.29) is 13.2 Å². The molecule has 0 aliphatic rings. The summed E-state index contributed by atoms with van der Waals surface area (Å²) in [5.74, 6) is 0. The van der Waals surface area contributed by atoms with Gasteiger partial charge >= 0.3 is 10.4 Å². The van der Waals surface area contributed by atoms with Gasteiger partial charge in [0.1, 0.15) is 0 Å². The van der Waals surface area contributed by atoms with Gasteiger partial charge in [0.25, 0.3) is 0 Å². The fourth-order valence-corrected chi connectivity index (χ4v) is 3.94. The second-order valence-corrected chi connectivity index (χ2v) is 10.8. The zero-order valence-electron chi connectivity index (χ0n) is 10.5. The molecule has 0 aliphatic heterocycles. The maximum atomic E-state index is 11.3. The SMILES string of the molecule is C[Si](C)(C)OS(=O)(=O)OC/C=C/CCOS(=O)[O-]. The normalized spacial score (nSPS) is 15.1. The Morgan fingerprint density at radius 2 is 1.89 bits per heavy atom. The molecule has 0 aromatic carbocycles. The lowest BCUT2D eigenvalue weighted by molar-refractivity contribution is 0.298. The molecule has 0 heterocycles. The Morgan fingerprint density at radius 3 is 2.39 bits per heavy atom. The van der Waals surface area contributed by atoms with Crippen molar-refractivity contribution in [3.8, 4) is 0 Å². The smallest absolute Gasteiger partial charge is 0.390 e. The van der Waals surface area contributed by atoms with E-state index in [1.54, 1.807) is 25.7 Å². The van der Waals surface area contributed by atoms with Gasteiger partial charge in [-0.2, -0.15) is 8.42 Å². The predicted molar refractivity (Wildman–Crippen MR) is 67.9 cm³/mol. The van der Waals surface area contributed by atoms with Crippen molar-refractivity contribution in [3.05, 3.63) is 12.2 Å². The lowest BCUT2D eigenvalue weighted by Gasteiger charge is -2.15. The van der Waals surface area contributed by atoms with Crippen molar-refractivity contribution in [2.45, 2.75) is 26.1 Å². The molecule has 108 valence electrons. The Labute approximate surface area is 111 Å². The van der Waals surface area contributed by atoms with Crippen molar-refractivity contribution < 1.29 is 29.4 Å². The average Bonchev–Trinajstić information content (AvgIpc) is 2.11. The van der Waals surface area contributed by atoms with Crippen LogP contribution in [0.3, 0.4) is 0 Å². The van der Waals surface area contributed by atoms with Crippen LogP contribution in [-0.4, -0.2) is 38.7 Å². The highest BCUT2D eigenvalue weighted by atomic mass is 32.3. The van der Waals surface area contributed by atoms with Crippen molar-refractivity contribution in [1.82, 2.24) is 0 Å². The fourth-order valence-electron chi connectivity index (χ4n) is 0.823. The summed E-state index contributed by atoms with van der Waals surface area (Å²) in [5.41, 5.74) is 0. The van der Waals surface area contributed by atoms with E-state index < -0.39 is 30.1 Å². The van der Waals surface area contributed by atoms with E-state index in [9.17, 15) is 17.2 Å². The fraction of sp³-hybridized carbons (Fsp3) is 0.750. The molecule has 0 aromatic heterocycles. The molecule has 1 unspecified atom stereocenters. The average molecular weight is 317 g/mol. The molecule has 1 atom stereocenters. The second kappa shape index (κ2) is 8.14. The van der Waals surface area contributed by atoms with Crippen LogP contribution in [0.15, 0.2) is 12.2 Å². The van der Waals surface area contributed by atoms with Crippen molar-refractivity contribution in [2.75, 3.05) is 13.2 Å². The molecular weight excluding hydrogens is 300 g/mol. The second-order valence-electron chi connectivity index (χ2n) is 4.17. The standard InChI is InChI=1S/C8H18O7S2Si/c1-18(2,3)15-17(11,12)14-8-6-4-5-7-13-16(9)10/h4,6H,5,7-8H2,1-3H3,(H,9,10)/p-1/b6-4+. The third kappa shape index (κ3) is 12.4. The van der Waals surface area contributed by atoms with Gasteiger partial charge in [-0.1, -0.05) is 12.2 Å². The van der Waals surface area contributed by atoms with E-state index in [0.29, 0.717) is 6.42 Å². The first-order valence-electron chi connectivity index (χ1n) is 5.10. The van der Waals surface area contributed by atoms with E-state index in [1.807, 2.05) is 0 Å². The van der Waals surface area contributed by atoms with E-state index in [0.717, 1.165) is 0 Å². The molecule has 7 nitrogen and oxygen atoms in total. The van der Waals surface area contributed by atoms with E-state index in [2.05, 4.69) is 8.37 Å². The lowest BCUT2D eigenvalue weighted by Crippen LogP contribution is -2.30. The molecule has 0 radical (unpaired) electrons. The Kier molecular flexibility index (Phi) is 8.10. The highest BCUT2D eigenvalue weighted by molar-refractivity contribution is 7.83. The summed E-state index contributed by atoms with van der Waals surface area (Å²) in [6, 6.07) is 0. The number of hydrogen-bond donors (Lipinski definition) is 0. The minimum absolute atomic E-state index is 0.00473. The van der Waals surface area contributed by atoms with Gasteiger partial charge in [-0.3, -0.25) is 3.87 Å². The van der Waals surface area contributed by atoms with Crippen LogP contribution < -0.4 is 0 Å². The van der Waals surface area contributed by atoms with Gasteiger partial charge in [0.2, 0.25) is 8.32 Å². The van der Waals surface area contributed by atoms with Gasteiger partial charge in [-0.25, -0.2) is 8.39 Å². The molecule has 18 heavy (non-hydrogen) atoms. The molecule has 0 fully saturated rings. The van der Waals surface area contributed by atoms with Crippen molar-refractivity contribution >= 4 is 30.1 Å². The van der Waals surface area contributed by atoms with Gasteiger partial charge in [-0.15, -0.1) is 0 Å². The Hall–Kier alpha value is -0.103. The summed E-state index contributed by atoms with van der Waals surface area (Å²) in [6.07, 6.45) is 3.34. The topological polar surface area (TPSA) is 102 Å². The number of rotatable bonds is 9. The molecule has 0 amide bonds. The van der Waals surface area contributed by atoms with Crippen LogP contribution >= 0.6 is 0 Å². The summed E-state index contributed by atoms with van der Waals surface area (Å²) in [4.78, 5) is 0. The molecule has 0 spiro atoms. The van der Waals surface area contributed by atoms with Crippen molar-refractivity contribution in [3.63, 3.8) is 0 Å². The molecule has 0 bridgehead atoms. The summed E-state index contributed by atoms with van der Waals surface area (Å²) in [6.45, 7) is 5.02. The van der Waals surface area contributed by atoms with Gasteiger partial charge < -0.3 is 8.74 Å². The molecule has 0 aliphatic carbocycles. The highest BCUT2D eigenvalue weighted by Gasteiger charge is 2.24. The van der Waals surface area contributed by atoms with Gasteiger partial charge in [0.05, 0.1) is 24.6 Å². The largest absolute Gasteiger partial charge is 0.750 e. The molecule has 0 saturated carbocycles. The molecule has 10 heteroatoms. The van der Waals surface area contributed by atoms with Crippen LogP contribution in [0.25, 0.3) is 0 Å². The summed E-state index contributed by atoms with van der Waals surface area (Å²) >= 11 is -2.52. The Balaban J connectivity index is 3.83. The van der Waals surface area contributed by atoms with Gasteiger partial charge in [-0.05, 0) is 26.1 Å². The first-order chi connectivity index (χ1) is 8.12. The first-order valence-corrected chi connectivity index (χ1v) is 10.8. The van der Waals surface area contributed by atoms with Crippen molar-refractivity contribution in [1.29, 1.82) is 0 Å². The third-order valence-electron chi connectivity index (χ3n) is 1.29. The Morgan fingerprint density at radius 1 is 1.28 bits per heavy atom. The maximum Gasteiger partial charge on any atom is 0.390 e. The summed E-state index contributed by atoms with van der Waals surface area (Å²) in [5, 5.41) is 0. The summed E-state index contributed by atoms with van der Waals surface area (Å²) in [7, 11) is -6.18. The van der Waals surface area contributed by atoms with Gasteiger partial charge in [0, 0.05) is 0 Å². The van der Waals surface area contributed by atoms with Crippen molar-refractivity contribution in [2.24, 2.45) is 0 Å². The monoisotopic (exact) mass is 317 g/mol. The molecule has 0 rings (SSSR count). The maximum absolute atomic E-state index is 11.3. The zero-order chi connectivity index (χ0) is 14.2. The van der Waals surface area contributed by atoms with E-state index >= 15 is 0 Å². The summed E-state index contributed by atoms with van der Waals surface area (Å²) < 4.78 is 56.2. The van der Waals surface area contributed by atoms with Crippen LogP contribution in [0.1, 0.15) is 6.42 Å².